The molecule has 1 unspecified atom stereocenters. The molecule has 0 radical (unpaired) electrons. The van der Waals surface area contributed by atoms with E-state index in [9.17, 15) is 4.39 Å². The first-order valence-corrected chi connectivity index (χ1v) is 8.02. The van der Waals surface area contributed by atoms with Crippen LogP contribution < -0.4 is 5.73 Å². The molecule has 0 bridgehead atoms. The van der Waals surface area contributed by atoms with Crippen LogP contribution >= 0.6 is 0 Å². The molecule has 1 aliphatic rings. The maximum atomic E-state index is 14.2. The normalized spacial score (nSPS) is 20.7. The van der Waals surface area contributed by atoms with Crippen LogP contribution in [0.25, 0.3) is 0 Å². The number of hydrogen-bond acceptors (Lipinski definition) is 2. The number of nitrogens with two attached hydrogens (primary N) is 1. The lowest BCUT2D eigenvalue weighted by Crippen LogP contribution is -2.42. The summed E-state index contributed by atoms with van der Waals surface area (Å²) in [7, 11) is 2.10. The number of likely N-dealkylation sites (N-methyl/N-ethyl adjacent to an activating group) is 1. The van der Waals surface area contributed by atoms with Crippen molar-refractivity contribution in [3.05, 3.63) is 35.1 Å². The second kappa shape index (κ2) is 6.45. The molecule has 2 nitrogen and oxygen atoms in total. The van der Waals surface area contributed by atoms with Crippen molar-refractivity contribution in [2.24, 2.45) is 11.1 Å². The van der Waals surface area contributed by atoms with E-state index in [0.29, 0.717) is 18.0 Å². The molecule has 2 rings (SSSR count). The number of nitrogens with zero attached hydrogens (tertiary/aromatic N) is 1. The zero-order chi connectivity index (χ0) is 15.6. The summed E-state index contributed by atoms with van der Waals surface area (Å²) in [6.07, 6.45) is 4.81. The lowest BCUT2D eigenvalue weighted by Gasteiger charge is -2.41. The lowest BCUT2D eigenvalue weighted by molar-refractivity contribution is 0.0953. The largest absolute Gasteiger partial charge is 0.329 e. The molecule has 0 amide bonds. The maximum Gasteiger partial charge on any atom is 0.128 e. The summed E-state index contributed by atoms with van der Waals surface area (Å²) in [5, 5.41) is 0. The van der Waals surface area contributed by atoms with Gasteiger partial charge in [0.1, 0.15) is 5.82 Å². The smallest absolute Gasteiger partial charge is 0.128 e. The molecule has 1 aromatic rings. The molecule has 1 saturated carbocycles. The Morgan fingerprint density at radius 1 is 1.33 bits per heavy atom. The minimum Gasteiger partial charge on any atom is -0.329 e. The number of hydrogen-bond donors (Lipinski definition) is 1. The van der Waals surface area contributed by atoms with Gasteiger partial charge in [0.15, 0.2) is 0 Å². The monoisotopic (exact) mass is 292 g/mol. The van der Waals surface area contributed by atoms with Gasteiger partial charge in [0.2, 0.25) is 0 Å². The number of rotatable bonds is 4. The first kappa shape index (κ1) is 16.4. The van der Waals surface area contributed by atoms with Crippen molar-refractivity contribution in [2.45, 2.75) is 58.5 Å². The first-order chi connectivity index (χ1) is 9.84. The summed E-state index contributed by atoms with van der Waals surface area (Å²) in [5.41, 5.74) is 8.25. The fraction of sp³-hybridized carbons (Fsp3) is 0.667. The Morgan fingerprint density at radius 2 is 1.95 bits per heavy atom. The Bertz CT molecular complexity index is 474. The van der Waals surface area contributed by atoms with Gasteiger partial charge in [-0.3, -0.25) is 4.90 Å². The summed E-state index contributed by atoms with van der Waals surface area (Å²) in [5.74, 6) is -0.140. The molecular weight excluding hydrogens is 263 g/mol. The van der Waals surface area contributed by atoms with E-state index in [1.165, 1.54) is 25.7 Å². The molecule has 1 aromatic carbocycles. The predicted octanol–water partition coefficient (Wildman–Crippen LogP) is 4.03. The van der Waals surface area contributed by atoms with Gasteiger partial charge in [-0.05, 0) is 51.1 Å². The topological polar surface area (TPSA) is 29.3 Å². The molecule has 118 valence electrons. The molecule has 1 fully saturated rings. The molecule has 0 saturated heterocycles. The predicted molar refractivity (Wildman–Crippen MR) is 86.7 cm³/mol. The second-order valence-corrected chi connectivity index (χ2v) is 7.34. The molecule has 2 N–H and O–H groups in total. The summed E-state index contributed by atoms with van der Waals surface area (Å²) in [6, 6.07) is 5.79. The fourth-order valence-corrected chi connectivity index (χ4v) is 3.48. The van der Waals surface area contributed by atoms with Gasteiger partial charge in [-0.1, -0.05) is 31.5 Å². The Hall–Kier alpha value is -0.930. The molecule has 1 aliphatic carbocycles. The molecular formula is C18H29FN2. The van der Waals surface area contributed by atoms with Crippen molar-refractivity contribution < 1.29 is 4.39 Å². The van der Waals surface area contributed by atoms with E-state index in [4.69, 9.17) is 5.73 Å². The maximum absolute atomic E-state index is 14.2. The van der Waals surface area contributed by atoms with Gasteiger partial charge in [-0.25, -0.2) is 4.39 Å². The van der Waals surface area contributed by atoms with E-state index >= 15 is 0 Å². The third-order valence-corrected chi connectivity index (χ3v) is 5.11. The van der Waals surface area contributed by atoms with Gasteiger partial charge in [-0.2, -0.15) is 0 Å². The molecule has 3 heteroatoms. The average molecular weight is 292 g/mol. The van der Waals surface area contributed by atoms with Crippen LogP contribution in [0.4, 0.5) is 4.39 Å². The van der Waals surface area contributed by atoms with Gasteiger partial charge < -0.3 is 5.73 Å². The molecule has 21 heavy (non-hydrogen) atoms. The highest BCUT2D eigenvalue weighted by Gasteiger charge is 2.32. The van der Waals surface area contributed by atoms with Crippen molar-refractivity contribution in [3.8, 4) is 0 Å². The van der Waals surface area contributed by atoms with Crippen LogP contribution in [0.2, 0.25) is 0 Å². The molecule has 0 heterocycles. The number of aryl methyl sites for hydroxylation is 1. The van der Waals surface area contributed by atoms with Gasteiger partial charge in [0, 0.05) is 24.2 Å². The van der Waals surface area contributed by atoms with E-state index in [1.807, 2.05) is 19.1 Å². The van der Waals surface area contributed by atoms with Crippen molar-refractivity contribution in [1.82, 2.24) is 4.90 Å². The van der Waals surface area contributed by atoms with Crippen LogP contribution in [0.3, 0.4) is 0 Å². The minimum absolute atomic E-state index is 0.0314. The first-order valence-electron chi connectivity index (χ1n) is 8.02. The summed E-state index contributed by atoms with van der Waals surface area (Å²) < 4.78 is 14.2. The number of halogens is 1. The Kier molecular flexibility index (Phi) is 5.05. The molecule has 0 aromatic heterocycles. The van der Waals surface area contributed by atoms with E-state index in [1.54, 1.807) is 6.07 Å². The minimum atomic E-state index is -0.140. The van der Waals surface area contributed by atoms with E-state index in [2.05, 4.69) is 25.8 Å². The van der Waals surface area contributed by atoms with Crippen molar-refractivity contribution in [1.29, 1.82) is 0 Å². The highest BCUT2D eigenvalue weighted by Crippen LogP contribution is 2.38. The quantitative estimate of drug-likeness (QED) is 0.907. The highest BCUT2D eigenvalue weighted by atomic mass is 19.1. The third-order valence-electron chi connectivity index (χ3n) is 5.11. The van der Waals surface area contributed by atoms with Crippen LogP contribution in [0.1, 0.15) is 56.7 Å². The number of benzene rings is 1. The van der Waals surface area contributed by atoms with Gasteiger partial charge in [-0.15, -0.1) is 0 Å². The van der Waals surface area contributed by atoms with Crippen LogP contribution in [0, 0.1) is 18.2 Å². The zero-order valence-corrected chi connectivity index (χ0v) is 13.8. The van der Waals surface area contributed by atoms with Gasteiger partial charge in [0.25, 0.3) is 0 Å². The van der Waals surface area contributed by atoms with Gasteiger partial charge >= 0.3 is 0 Å². The van der Waals surface area contributed by atoms with E-state index in [-0.39, 0.29) is 11.9 Å². The van der Waals surface area contributed by atoms with Gasteiger partial charge in [0.05, 0.1) is 0 Å². The average Bonchev–Trinajstić information content (AvgIpc) is 2.43. The van der Waals surface area contributed by atoms with Crippen LogP contribution in [-0.2, 0) is 0 Å². The van der Waals surface area contributed by atoms with Crippen molar-refractivity contribution >= 4 is 0 Å². The van der Waals surface area contributed by atoms with Crippen LogP contribution in [0.15, 0.2) is 18.2 Å². The molecule has 0 aliphatic heterocycles. The Labute approximate surface area is 128 Å². The molecule has 1 atom stereocenters. The highest BCUT2D eigenvalue weighted by molar-refractivity contribution is 5.27. The summed E-state index contributed by atoms with van der Waals surface area (Å²) in [6.45, 7) is 7.13. The zero-order valence-electron chi connectivity index (χ0n) is 13.8. The Morgan fingerprint density at radius 3 is 2.52 bits per heavy atom. The SMILES string of the molecule is Cc1ccc(F)c(C(CN)N(C)C2CCC(C)(C)CC2)c1. The third kappa shape index (κ3) is 3.83. The summed E-state index contributed by atoms with van der Waals surface area (Å²) in [4.78, 5) is 2.30. The van der Waals surface area contributed by atoms with E-state index in [0.717, 1.165) is 11.1 Å². The molecule has 0 spiro atoms. The lowest BCUT2D eigenvalue weighted by atomic mass is 9.75. The van der Waals surface area contributed by atoms with Crippen molar-refractivity contribution in [3.63, 3.8) is 0 Å². The Balaban J connectivity index is 2.15. The standard InChI is InChI=1S/C18H29FN2/c1-13-5-6-16(19)15(11-13)17(12-20)21(4)14-7-9-18(2,3)10-8-14/h5-6,11,14,17H,7-10,12,20H2,1-4H3. The van der Waals surface area contributed by atoms with Crippen LogP contribution in [-0.4, -0.2) is 24.5 Å². The van der Waals surface area contributed by atoms with Crippen molar-refractivity contribution in [2.75, 3.05) is 13.6 Å². The van der Waals surface area contributed by atoms with Crippen LogP contribution in [0.5, 0.6) is 0 Å². The fourth-order valence-electron chi connectivity index (χ4n) is 3.48. The second-order valence-electron chi connectivity index (χ2n) is 7.34. The summed E-state index contributed by atoms with van der Waals surface area (Å²) >= 11 is 0. The van der Waals surface area contributed by atoms with E-state index < -0.39 is 0 Å².